The number of nitrogen functional groups attached to an aromatic ring is 1. The number of phenols is 1. The van der Waals surface area contributed by atoms with Gasteiger partial charge in [0.1, 0.15) is 11.6 Å². The Morgan fingerprint density at radius 3 is 2.69 bits per heavy atom. The van der Waals surface area contributed by atoms with Crippen molar-refractivity contribution in [2.24, 2.45) is 0 Å². The summed E-state index contributed by atoms with van der Waals surface area (Å²) in [7, 11) is 0. The fraction of sp³-hybridized carbons (Fsp3) is 0.333. The van der Waals surface area contributed by atoms with E-state index in [2.05, 4.69) is 0 Å². The van der Waals surface area contributed by atoms with Crippen LogP contribution in [-0.4, -0.2) is 16.8 Å². The normalized spacial score (nSPS) is 10.3. The number of aryl methyl sites for hydroxylation is 1. The fourth-order valence-corrected chi connectivity index (χ4v) is 1.14. The number of halogens is 1. The van der Waals surface area contributed by atoms with Crippen LogP contribution in [0.4, 0.5) is 10.1 Å². The Kier molecular flexibility index (Phi) is 3.08. The van der Waals surface area contributed by atoms with Crippen LogP contribution in [0.1, 0.15) is 12.0 Å². The first kappa shape index (κ1) is 9.80. The predicted octanol–water partition coefficient (Wildman–Crippen LogP) is 1.04. The summed E-state index contributed by atoms with van der Waals surface area (Å²) in [5, 5.41) is 17.9. The Balaban J connectivity index is 2.92. The van der Waals surface area contributed by atoms with Crippen molar-refractivity contribution in [2.45, 2.75) is 12.8 Å². The highest BCUT2D eigenvalue weighted by Crippen LogP contribution is 2.26. The number of aliphatic hydroxyl groups excluding tert-OH is 1. The smallest absolute Gasteiger partial charge is 0.141 e. The van der Waals surface area contributed by atoms with E-state index in [1.807, 2.05) is 0 Å². The van der Waals surface area contributed by atoms with Crippen molar-refractivity contribution >= 4 is 5.69 Å². The van der Waals surface area contributed by atoms with E-state index < -0.39 is 5.82 Å². The molecule has 3 nitrogen and oxygen atoms in total. The van der Waals surface area contributed by atoms with Crippen LogP contribution < -0.4 is 5.73 Å². The van der Waals surface area contributed by atoms with E-state index in [0.29, 0.717) is 18.4 Å². The number of nitrogens with two attached hydrogens (primary N) is 1. The minimum absolute atomic E-state index is 0.00978. The number of aromatic hydroxyl groups is 1. The molecule has 0 atom stereocenters. The number of aliphatic hydroxyl groups is 1. The molecule has 0 heterocycles. The summed E-state index contributed by atoms with van der Waals surface area (Å²) in [6.07, 6.45) is 0.904. The van der Waals surface area contributed by atoms with Crippen molar-refractivity contribution in [1.82, 2.24) is 0 Å². The van der Waals surface area contributed by atoms with Gasteiger partial charge < -0.3 is 15.9 Å². The SMILES string of the molecule is Nc1cc(F)cc(CCCO)c1O. The van der Waals surface area contributed by atoms with E-state index in [4.69, 9.17) is 10.8 Å². The lowest BCUT2D eigenvalue weighted by Gasteiger charge is -2.06. The molecule has 1 rings (SSSR count). The Bertz CT molecular complexity index is 302. The van der Waals surface area contributed by atoms with Gasteiger partial charge in [-0.2, -0.15) is 0 Å². The largest absolute Gasteiger partial charge is 0.505 e. The maximum atomic E-state index is 12.8. The van der Waals surface area contributed by atoms with Gasteiger partial charge in [0.05, 0.1) is 5.69 Å². The first-order chi connectivity index (χ1) is 6.15. The molecule has 1 aromatic carbocycles. The van der Waals surface area contributed by atoms with E-state index in [1.165, 1.54) is 6.07 Å². The average Bonchev–Trinajstić information content (AvgIpc) is 2.09. The van der Waals surface area contributed by atoms with Crippen molar-refractivity contribution < 1.29 is 14.6 Å². The van der Waals surface area contributed by atoms with E-state index in [0.717, 1.165) is 6.07 Å². The predicted molar refractivity (Wildman–Crippen MR) is 47.9 cm³/mol. The minimum atomic E-state index is -0.469. The van der Waals surface area contributed by atoms with Crippen molar-refractivity contribution in [2.75, 3.05) is 12.3 Å². The molecule has 0 aromatic heterocycles. The second-order valence-corrected chi connectivity index (χ2v) is 2.83. The zero-order valence-electron chi connectivity index (χ0n) is 7.13. The van der Waals surface area contributed by atoms with Crippen molar-refractivity contribution in [3.05, 3.63) is 23.5 Å². The number of hydrogen-bond acceptors (Lipinski definition) is 3. The van der Waals surface area contributed by atoms with E-state index >= 15 is 0 Å². The molecule has 4 heteroatoms. The van der Waals surface area contributed by atoms with Crippen LogP contribution in [-0.2, 0) is 6.42 Å². The van der Waals surface area contributed by atoms with E-state index in [1.54, 1.807) is 0 Å². The van der Waals surface area contributed by atoms with Gasteiger partial charge in [-0.25, -0.2) is 4.39 Å². The van der Waals surface area contributed by atoms with Gasteiger partial charge in [0.15, 0.2) is 0 Å². The van der Waals surface area contributed by atoms with Crippen LogP contribution in [0.3, 0.4) is 0 Å². The highest BCUT2D eigenvalue weighted by molar-refractivity contribution is 5.56. The molecule has 0 aliphatic heterocycles. The number of benzene rings is 1. The van der Waals surface area contributed by atoms with Crippen LogP contribution >= 0.6 is 0 Å². The van der Waals surface area contributed by atoms with Crippen LogP contribution in [0.25, 0.3) is 0 Å². The Hall–Kier alpha value is -1.29. The molecule has 0 radical (unpaired) electrons. The molecular formula is C9H12FNO2. The summed E-state index contributed by atoms with van der Waals surface area (Å²) >= 11 is 0. The lowest BCUT2D eigenvalue weighted by molar-refractivity contribution is 0.288. The first-order valence-electron chi connectivity index (χ1n) is 4.03. The first-order valence-corrected chi connectivity index (χ1v) is 4.03. The van der Waals surface area contributed by atoms with Gasteiger partial charge in [-0.3, -0.25) is 0 Å². The summed E-state index contributed by atoms with van der Waals surface area (Å²) in [5.41, 5.74) is 5.81. The Morgan fingerprint density at radius 2 is 2.08 bits per heavy atom. The van der Waals surface area contributed by atoms with E-state index in [-0.39, 0.29) is 18.0 Å². The van der Waals surface area contributed by atoms with Crippen LogP contribution in [0.15, 0.2) is 12.1 Å². The molecule has 1 aromatic rings. The second kappa shape index (κ2) is 4.09. The second-order valence-electron chi connectivity index (χ2n) is 2.83. The van der Waals surface area contributed by atoms with Gasteiger partial charge in [0.25, 0.3) is 0 Å². The van der Waals surface area contributed by atoms with Gasteiger partial charge in [-0.05, 0) is 24.5 Å². The molecule has 72 valence electrons. The van der Waals surface area contributed by atoms with Gasteiger partial charge in [0.2, 0.25) is 0 Å². The topological polar surface area (TPSA) is 66.5 Å². The molecule has 0 aliphatic carbocycles. The molecule has 0 spiro atoms. The van der Waals surface area contributed by atoms with Gasteiger partial charge in [-0.15, -0.1) is 0 Å². The van der Waals surface area contributed by atoms with Crippen molar-refractivity contribution in [1.29, 1.82) is 0 Å². The molecule has 0 saturated heterocycles. The molecule has 0 saturated carbocycles. The van der Waals surface area contributed by atoms with E-state index in [9.17, 15) is 9.50 Å². The Labute approximate surface area is 75.6 Å². The summed E-state index contributed by atoms with van der Waals surface area (Å²) in [4.78, 5) is 0. The molecule has 0 fully saturated rings. The zero-order valence-corrected chi connectivity index (χ0v) is 7.13. The number of hydrogen-bond donors (Lipinski definition) is 3. The molecular weight excluding hydrogens is 173 g/mol. The van der Waals surface area contributed by atoms with Gasteiger partial charge in [0, 0.05) is 12.7 Å². The van der Waals surface area contributed by atoms with Crippen LogP contribution in [0.2, 0.25) is 0 Å². The quantitative estimate of drug-likeness (QED) is 0.487. The lowest BCUT2D eigenvalue weighted by Crippen LogP contribution is -1.95. The Morgan fingerprint density at radius 1 is 1.38 bits per heavy atom. The maximum absolute atomic E-state index is 12.8. The molecule has 0 amide bonds. The highest BCUT2D eigenvalue weighted by atomic mass is 19.1. The monoisotopic (exact) mass is 185 g/mol. The third-order valence-electron chi connectivity index (χ3n) is 1.79. The summed E-state index contributed by atoms with van der Waals surface area (Å²) < 4.78 is 12.8. The van der Waals surface area contributed by atoms with Crippen molar-refractivity contribution in [3.63, 3.8) is 0 Å². The average molecular weight is 185 g/mol. The highest BCUT2D eigenvalue weighted by Gasteiger charge is 2.06. The van der Waals surface area contributed by atoms with Gasteiger partial charge >= 0.3 is 0 Å². The number of anilines is 1. The third kappa shape index (κ3) is 2.32. The molecule has 13 heavy (non-hydrogen) atoms. The maximum Gasteiger partial charge on any atom is 0.141 e. The number of rotatable bonds is 3. The minimum Gasteiger partial charge on any atom is -0.505 e. The zero-order chi connectivity index (χ0) is 9.84. The summed E-state index contributed by atoms with van der Waals surface area (Å²) in [6.45, 7) is 0.00978. The fourth-order valence-electron chi connectivity index (χ4n) is 1.14. The van der Waals surface area contributed by atoms with Crippen molar-refractivity contribution in [3.8, 4) is 5.75 Å². The molecule has 0 aliphatic rings. The molecule has 4 N–H and O–H groups in total. The standard InChI is InChI=1S/C9H12FNO2/c10-7-4-6(2-1-3-12)9(13)8(11)5-7/h4-5,12-13H,1-3,11H2. The lowest BCUT2D eigenvalue weighted by atomic mass is 10.1. The molecule has 0 bridgehead atoms. The summed E-state index contributed by atoms with van der Waals surface area (Å²) in [5.74, 6) is -0.557. The van der Waals surface area contributed by atoms with Crippen LogP contribution in [0, 0.1) is 5.82 Å². The summed E-state index contributed by atoms with van der Waals surface area (Å²) in [6, 6.07) is 2.29. The molecule has 0 unspecified atom stereocenters. The number of phenolic OH excluding ortho intramolecular Hbond substituents is 1. The third-order valence-corrected chi connectivity index (χ3v) is 1.79. The van der Waals surface area contributed by atoms with Gasteiger partial charge in [-0.1, -0.05) is 0 Å². The van der Waals surface area contributed by atoms with Crippen LogP contribution in [0.5, 0.6) is 5.75 Å².